The lowest BCUT2D eigenvalue weighted by molar-refractivity contribution is -0.178. The van der Waals surface area contributed by atoms with Gasteiger partial charge in [-0.2, -0.15) is 0 Å². The maximum absolute atomic E-state index is 6.58. The topological polar surface area (TPSA) is 36.9 Å². The average Bonchev–Trinajstić information content (AvgIpc) is 2.93. The number of ether oxygens (including phenoxy) is 4. The lowest BCUT2D eigenvalue weighted by Gasteiger charge is -2.52. The van der Waals surface area contributed by atoms with Crippen molar-refractivity contribution in [3.63, 3.8) is 0 Å². The first-order valence-electron chi connectivity index (χ1n) is 16.6. The van der Waals surface area contributed by atoms with Crippen molar-refractivity contribution in [2.75, 3.05) is 13.7 Å². The molecule has 0 aromatic heterocycles. The predicted molar refractivity (Wildman–Crippen MR) is 179 cm³/mol. The van der Waals surface area contributed by atoms with E-state index in [0.717, 1.165) is 32.3 Å². The second kappa shape index (κ2) is 14.6. The zero-order chi connectivity index (χ0) is 32.1. The van der Waals surface area contributed by atoms with E-state index in [1.165, 1.54) is 11.1 Å². The third-order valence-corrected chi connectivity index (χ3v) is 9.81. The van der Waals surface area contributed by atoms with Crippen molar-refractivity contribution in [2.24, 2.45) is 21.7 Å². The van der Waals surface area contributed by atoms with Gasteiger partial charge in [-0.25, -0.2) is 0 Å². The molecule has 43 heavy (non-hydrogen) atoms. The predicted octanol–water partition coefficient (Wildman–Crippen LogP) is 10.4. The van der Waals surface area contributed by atoms with Crippen LogP contribution >= 0.6 is 0 Å². The second-order valence-electron chi connectivity index (χ2n) is 15.8. The van der Waals surface area contributed by atoms with E-state index in [4.69, 9.17) is 18.9 Å². The molecule has 4 nitrogen and oxygen atoms in total. The molecule has 0 saturated heterocycles. The lowest BCUT2D eigenvalue weighted by Crippen LogP contribution is -2.52. The highest BCUT2D eigenvalue weighted by Crippen LogP contribution is 2.51. The molecule has 0 spiro atoms. The van der Waals surface area contributed by atoms with Gasteiger partial charge in [0.25, 0.3) is 0 Å². The molecule has 2 saturated carbocycles. The van der Waals surface area contributed by atoms with Crippen molar-refractivity contribution in [2.45, 2.75) is 138 Å². The Morgan fingerprint density at radius 2 is 0.907 bits per heavy atom. The molecule has 2 fully saturated rings. The molecular formula is C39H62O4. The molecule has 0 N–H and O–H groups in total. The summed E-state index contributed by atoms with van der Waals surface area (Å²) in [5.41, 5.74) is 2.96. The molecule has 2 aliphatic carbocycles. The first kappa shape index (κ1) is 35.8. The van der Waals surface area contributed by atoms with E-state index in [2.05, 4.69) is 131 Å². The van der Waals surface area contributed by atoms with E-state index in [0.29, 0.717) is 12.2 Å². The molecule has 2 aromatic carbocycles. The van der Waals surface area contributed by atoms with Gasteiger partial charge in [-0.15, -0.1) is 0 Å². The van der Waals surface area contributed by atoms with E-state index in [1.54, 1.807) is 0 Å². The van der Waals surface area contributed by atoms with Crippen molar-refractivity contribution < 1.29 is 18.9 Å². The van der Waals surface area contributed by atoms with Gasteiger partial charge in [0, 0.05) is 13.7 Å². The number of benzene rings is 2. The van der Waals surface area contributed by atoms with Gasteiger partial charge >= 0.3 is 0 Å². The fraction of sp³-hybridized carbons (Fsp3) is 0.692. The van der Waals surface area contributed by atoms with Crippen LogP contribution in [0.1, 0.15) is 125 Å². The number of hydrogen-bond acceptors (Lipinski definition) is 4. The largest absolute Gasteiger partial charge is 0.381 e. The van der Waals surface area contributed by atoms with E-state index in [1.807, 2.05) is 13.2 Å². The molecule has 4 rings (SSSR count). The van der Waals surface area contributed by atoms with Gasteiger partial charge in [0.2, 0.25) is 0 Å². The summed E-state index contributed by atoms with van der Waals surface area (Å²) in [6.45, 7) is 25.7. The molecule has 0 bridgehead atoms. The van der Waals surface area contributed by atoms with Crippen LogP contribution in [0.25, 0.3) is 0 Å². The summed E-state index contributed by atoms with van der Waals surface area (Å²) < 4.78 is 24.7. The zero-order valence-corrected chi connectivity index (χ0v) is 29.4. The van der Waals surface area contributed by atoms with Gasteiger partial charge in [0.1, 0.15) is 0 Å². The van der Waals surface area contributed by atoms with Crippen LogP contribution in [-0.4, -0.2) is 38.1 Å². The number of rotatable bonds is 9. The molecule has 4 heteroatoms. The van der Waals surface area contributed by atoms with Crippen LogP contribution in [-0.2, 0) is 18.9 Å². The van der Waals surface area contributed by atoms with Crippen LogP contribution in [0.15, 0.2) is 60.7 Å². The van der Waals surface area contributed by atoms with Crippen molar-refractivity contribution in [3.8, 4) is 0 Å². The van der Waals surface area contributed by atoms with E-state index >= 15 is 0 Å². The summed E-state index contributed by atoms with van der Waals surface area (Å²) in [6, 6.07) is 21.0. The molecule has 2 aromatic rings. The minimum atomic E-state index is 0.116. The van der Waals surface area contributed by atoms with Gasteiger partial charge in [-0.3, -0.25) is 0 Å². The Balaban J connectivity index is 0.000000236. The smallest absolute Gasteiger partial charge is 0.0801 e. The maximum Gasteiger partial charge on any atom is 0.0801 e. The normalized spacial score (nSPS) is 28.7. The molecular weight excluding hydrogens is 532 g/mol. The Morgan fingerprint density at radius 3 is 1.21 bits per heavy atom. The molecule has 0 heterocycles. The highest BCUT2D eigenvalue weighted by Gasteiger charge is 2.50. The van der Waals surface area contributed by atoms with Crippen LogP contribution in [0, 0.1) is 21.7 Å². The zero-order valence-electron chi connectivity index (χ0n) is 29.4. The minimum absolute atomic E-state index is 0.116. The van der Waals surface area contributed by atoms with Gasteiger partial charge in [0.15, 0.2) is 0 Å². The van der Waals surface area contributed by atoms with Gasteiger partial charge in [-0.05, 0) is 79.2 Å². The summed E-state index contributed by atoms with van der Waals surface area (Å²) in [5, 5.41) is 0. The van der Waals surface area contributed by atoms with Gasteiger partial charge < -0.3 is 18.9 Å². The molecule has 2 atom stereocenters. The number of methoxy groups -OCH3 is 1. The van der Waals surface area contributed by atoms with Crippen LogP contribution in [0.5, 0.6) is 0 Å². The van der Waals surface area contributed by atoms with Gasteiger partial charge in [0.05, 0.1) is 36.6 Å². The third kappa shape index (κ3) is 9.39. The first-order chi connectivity index (χ1) is 20.0. The standard InChI is InChI=1S/C20H32O2.C19H30O2/c1-7-21-17-13-19(3,4)18(20(5,6)14-17)22-15(2)16-11-9-8-10-12-16;1-14(15-10-8-7-9-11-15)21-17-18(2,3)12-16(20-6)13-19(17,4)5/h8-12,15,17-18H,7,13-14H2,1-6H3;7-11,14,16-17H,12-13H2,1-6H3. The number of hydrogen-bond donors (Lipinski definition) is 0. The minimum Gasteiger partial charge on any atom is -0.381 e. The summed E-state index contributed by atoms with van der Waals surface area (Å²) >= 11 is 0. The van der Waals surface area contributed by atoms with Crippen LogP contribution < -0.4 is 0 Å². The molecule has 0 amide bonds. The molecule has 242 valence electrons. The summed E-state index contributed by atoms with van der Waals surface area (Å²) in [6.07, 6.45) is 5.62. The maximum atomic E-state index is 6.58. The van der Waals surface area contributed by atoms with E-state index in [-0.39, 0.29) is 46.1 Å². The summed E-state index contributed by atoms with van der Waals surface area (Å²) in [7, 11) is 1.82. The Bertz CT molecular complexity index is 1050. The van der Waals surface area contributed by atoms with Crippen molar-refractivity contribution in [3.05, 3.63) is 71.8 Å². The SMILES string of the molecule is CCOC1CC(C)(C)C(OC(C)c2ccccc2)C(C)(C)C1.COC1CC(C)(C)C(OC(C)c2ccccc2)C(C)(C)C1. The van der Waals surface area contributed by atoms with Gasteiger partial charge in [-0.1, -0.05) is 116 Å². The molecule has 0 aliphatic heterocycles. The molecule has 2 unspecified atom stereocenters. The highest BCUT2D eigenvalue weighted by molar-refractivity contribution is 5.18. The quantitative estimate of drug-likeness (QED) is 0.289. The lowest BCUT2D eigenvalue weighted by atomic mass is 9.61. The van der Waals surface area contributed by atoms with E-state index < -0.39 is 0 Å². The molecule has 0 radical (unpaired) electrons. The van der Waals surface area contributed by atoms with Crippen molar-refractivity contribution >= 4 is 0 Å². The van der Waals surface area contributed by atoms with Crippen LogP contribution in [0.3, 0.4) is 0 Å². The Hall–Kier alpha value is -1.72. The van der Waals surface area contributed by atoms with Crippen molar-refractivity contribution in [1.82, 2.24) is 0 Å². The molecule has 2 aliphatic rings. The van der Waals surface area contributed by atoms with Crippen molar-refractivity contribution in [1.29, 1.82) is 0 Å². The Kier molecular flexibility index (Phi) is 12.1. The Morgan fingerprint density at radius 1 is 0.581 bits per heavy atom. The fourth-order valence-corrected chi connectivity index (χ4v) is 8.31. The van der Waals surface area contributed by atoms with Crippen LogP contribution in [0.2, 0.25) is 0 Å². The third-order valence-electron chi connectivity index (χ3n) is 9.81. The first-order valence-corrected chi connectivity index (χ1v) is 16.6. The average molecular weight is 595 g/mol. The van der Waals surface area contributed by atoms with Crippen LogP contribution in [0.4, 0.5) is 0 Å². The second-order valence-corrected chi connectivity index (χ2v) is 15.8. The summed E-state index contributed by atoms with van der Waals surface area (Å²) in [4.78, 5) is 0. The van der Waals surface area contributed by atoms with E-state index in [9.17, 15) is 0 Å². The highest BCUT2D eigenvalue weighted by atomic mass is 16.5. The fourth-order valence-electron chi connectivity index (χ4n) is 8.31. The Labute approximate surface area is 264 Å². The monoisotopic (exact) mass is 594 g/mol. The summed E-state index contributed by atoms with van der Waals surface area (Å²) in [5.74, 6) is 0.